The molecule has 1 aromatic carbocycles. The number of hydrogen-bond acceptors (Lipinski definition) is 14. The normalized spacial score (nSPS) is 23.0. The minimum absolute atomic E-state index is 0.0440. The Balaban J connectivity index is 2.68. The van der Waals surface area contributed by atoms with E-state index in [0.29, 0.717) is 12.0 Å². The molecule has 0 aliphatic carbocycles. The summed E-state index contributed by atoms with van der Waals surface area (Å²) in [5, 5.41) is 34.7. The van der Waals surface area contributed by atoms with E-state index in [2.05, 4.69) is 54.8 Å². The summed E-state index contributed by atoms with van der Waals surface area (Å²) in [4.78, 5) is 126. The number of nitrogens with one attached hydrogen (secondary N) is 9. The second-order valence-corrected chi connectivity index (χ2v) is 19.9. The standard InChI is InChI=1S/C51H89N13O10/c1-6-7-8-9-13-16-34(65)30-43(66)57-35(17-22-52)45(68)61-39-21-26-56-44(67)40(27-31(2)3)62-47(70)37(19-24-54)58-46(69)36(18-23-53)60-50(73)41(28-32(4)5)63-51(74)42(29-33-14-11-10-12-15-33)64-48(71)38(20-25-55)59-49(39)72/h10-12,14-15,31-32,34-42,65H,6-9,13,16-30,52-55H2,1-5H3,(H,56,67)(H,57,66)(H,58,69)(H,59,72)(H,60,73)(H,61,68)(H,62,70)(H,63,74)(H,64,71)/t34-,35-,36+,37+,38+,39+,40+,41+,42-/m1/s1. The highest BCUT2D eigenvalue weighted by Gasteiger charge is 2.35. The second kappa shape index (κ2) is 35.4. The molecule has 18 N–H and O–H groups in total. The second-order valence-electron chi connectivity index (χ2n) is 19.9. The van der Waals surface area contributed by atoms with E-state index in [1.54, 1.807) is 30.3 Å². The Morgan fingerprint density at radius 3 is 1.55 bits per heavy atom. The van der Waals surface area contributed by atoms with Crippen molar-refractivity contribution in [3.05, 3.63) is 35.9 Å². The molecule has 1 aliphatic heterocycles. The first-order valence-corrected chi connectivity index (χ1v) is 26.5. The van der Waals surface area contributed by atoms with Gasteiger partial charge in [0, 0.05) is 13.0 Å². The Bertz CT molecular complexity index is 1930. The van der Waals surface area contributed by atoms with Gasteiger partial charge in [0.2, 0.25) is 53.2 Å². The van der Waals surface area contributed by atoms with Crippen LogP contribution in [0.2, 0.25) is 0 Å². The maximum absolute atomic E-state index is 14.4. The summed E-state index contributed by atoms with van der Waals surface area (Å²) in [5.74, 6) is -7.07. The molecule has 1 saturated heterocycles. The maximum Gasteiger partial charge on any atom is 0.243 e. The lowest BCUT2D eigenvalue weighted by Gasteiger charge is -2.28. The Morgan fingerprint density at radius 2 is 1.05 bits per heavy atom. The predicted molar refractivity (Wildman–Crippen MR) is 281 cm³/mol. The molecule has 1 aromatic rings. The molecule has 0 unspecified atom stereocenters. The zero-order valence-corrected chi connectivity index (χ0v) is 44.3. The lowest BCUT2D eigenvalue weighted by Crippen LogP contribution is -2.61. The Morgan fingerprint density at radius 1 is 0.595 bits per heavy atom. The van der Waals surface area contributed by atoms with E-state index in [1.807, 2.05) is 27.7 Å². The average molecular weight is 1040 g/mol. The number of carbonyl (C=O) groups is 9. The Hall–Kier alpha value is -5.75. The van der Waals surface area contributed by atoms with Gasteiger partial charge in [-0.3, -0.25) is 43.2 Å². The molecule has 1 fully saturated rings. The van der Waals surface area contributed by atoms with Crippen molar-refractivity contribution in [2.24, 2.45) is 34.8 Å². The lowest BCUT2D eigenvalue weighted by molar-refractivity contribution is -0.136. The third-order valence-corrected chi connectivity index (χ3v) is 12.4. The summed E-state index contributed by atoms with van der Waals surface area (Å²) in [6.45, 7) is 8.90. The molecule has 23 heteroatoms. The smallest absolute Gasteiger partial charge is 0.243 e. The van der Waals surface area contributed by atoms with Crippen LogP contribution in [0.25, 0.3) is 0 Å². The van der Waals surface area contributed by atoms with Gasteiger partial charge in [-0.25, -0.2) is 0 Å². The summed E-state index contributed by atoms with van der Waals surface area (Å²) in [6.07, 6.45) is 3.59. The summed E-state index contributed by atoms with van der Waals surface area (Å²) in [7, 11) is 0. The van der Waals surface area contributed by atoms with Gasteiger partial charge in [-0.1, -0.05) is 97.1 Å². The number of aliphatic hydroxyl groups excluding tert-OH is 1. The quantitative estimate of drug-likeness (QED) is 0.0482. The highest BCUT2D eigenvalue weighted by Crippen LogP contribution is 2.13. The zero-order chi connectivity index (χ0) is 55.2. The van der Waals surface area contributed by atoms with Crippen LogP contribution in [-0.2, 0) is 49.6 Å². The number of aliphatic hydroxyl groups is 1. The van der Waals surface area contributed by atoms with Crippen molar-refractivity contribution in [1.29, 1.82) is 0 Å². The van der Waals surface area contributed by atoms with Crippen LogP contribution in [0.1, 0.15) is 130 Å². The number of rotatable bonds is 25. The highest BCUT2D eigenvalue weighted by molar-refractivity contribution is 5.98. The van der Waals surface area contributed by atoms with Crippen LogP contribution in [0, 0.1) is 11.8 Å². The first-order chi connectivity index (χ1) is 35.3. The Labute approximate surface area is 436 Å². The molecule has 0 saturated carbocycles. The molecule has 23 nitrogen and oxygen atoms in total. The van der Waals surface area contributed by atoms with Crippen molar-refractivity contribution >= 4 is 53.2 Å². The van der Waals surface area contributed by atoms with Crippen LogP contribution in [0.3, 0.4) is 0 Å². The lowest BCUT2D eigenvalue weighted by atomic mass is 10.00. The zero-order valence-electron chi connectivity index (χ0n) is 44.3. The fraction of sp³-hybridized carbons (Fsp3) is 0.706. The van der Waals surface area contributed by atoms with Gasteiger partial charge in [-0.15, -0.1) is 0 Å². The molecule has 2 rings (SSSR count). The first-order valence-electron chi connectivity index (χ1n) is 26.5. The van der Waals surface area contributed by atoms with Crippen molar-refractivity contribution in [3.63, 3.8) is 0 Å². The summed E-state index contributed by atoms with van der Waals surface area (Å²) in [5.41, 5.74) is 24.2. The van der Waals surface area contributed by atoms with Crippen LogP contribution >= 0.6 is 0 Å². The largest absolute Gasteiger partial charge is 0.393 e. The minimum atomic E-state index is -1.47. The number of hydrogen-bond donors (Lipinski definition) is 14. The molecule has 0 aromatic heterocycles. The number of nitrogens with two attached hydrogens (primary N) is 4. The van der Waals surface area contributed by atoms with Gasteiger partial charge in [0.1, 0.15) is 48.3 Å². The molecule has 1 aliphatic rings. The summed E-state index contributed by atoms with van der Waals surface area (Å²) in [6, 6.07) is -1.57. The molecular formula is C51H89N13O10. The third kappa shape index (κ3) is 24.5. The van der Waals surface area contributed by atoms with Gasteiger partial charge in [0.25, 0.3) is 0 Å². The number of carbonyl (C=O) groups excluding carboxylic acids is 9. The van der Waals surface area contributed by atoms with Crippen molar-refractivity contribution in [3.8, 4) is 0 Å². The molecular weight excluding hydrogens is 955 g/mol. The van der Waals surface area contributed by atoms with E-state index < -0.39 is 108 Å². The fourth-order valence-corrected chi connectivity index (χ4v) is 8.40. The van der Waals surface area contributed by atoms with Crippen molar-refractivity contribution < 1.29 is 48.3 Å². The average Bonchev–Trinajstić information content (AvgIpc) is 3.34. The molecule has 0 bridgehead atoms. The van der Waals surface area contributed by atoms with Gasteiger partial charge >= 0.3 is 0 Å². The predicted octanol–water partition coefficient (Wildman–Crippen LogP) is -1.77. The fourth-order valence-electron chi connectivity index (χ4n) is 8.40. The van der Waals surface area contributed by atoms with E-state index in [9.17, 15) is 48.3 Å². The van der Waals surface area contributed by atoms with E-state index in [1.165, 1.54) is 0 Å². The van der Waals surface area contributed by atoms with Crippen molar-refractivity contribution in [1.82, 2.24) is 47.9 Å². The van der Waals surface area contributed by atoms with E-state index in [0.717, 1.165) is 32.1 Å². The molecule has 9 amide bonds. The van der Waals surface area contributed by atoms with E-state index in [4.69, 9.17) is 22.9 Å². The van der Waals surface area contributed by atoms with E-state index in [-0.39, 0.29) is 102 Å². The molecule has 0 spiro atoms. The topological polar surface area (TPSA) is 386 Å². The summed E-state index contributed by atoms with van der Waals surface area (Å²) >= 11 is 0. The van der Waals surface area contributed by atoms with Gasteiger partial charge < -0.3 is 75.9 Å². The van der Waals surface area contributed by atoms with Crippen molar-refractivity contribution in [2.45, 2.75) is 185 Å². The number of benzene rings is 1. The van der Waals surface area contributed by atoms with Gasteiger partial charge in [-0.2, -0.15) is 0 Å². The molecule has 74 heavy (non-hydrogen) atoms. The van der Waals surface area contributed by atoms with Crippen LogP contribution in [0.5, 0.6) is 0 Å². The Kier molecular flexibility index (Phi) is 30.8. The maximum atomic E-state index is 14.4. The SMILES string of the molecule is CCCCCCC[C@@H](O)CC(=O)N[C@H](CCN)C(=O)N[C@H]1CCNC(=O)[C@H](CC(C)C)NC(=O)[C@H](CCN)NC(=O)[C@H](CCN)NC(=O)[C@H](CC(C)C)NC(=O)[C@@H](Cc2ccccc2)NC(=O)[C@H](CCN)NC1=O. The molecule has 418 valence electrons. The molecule has 9 atom stereocenters. The monoisotopic (exact) mass is 1040 g/mol. The van der Waals surface area contributed by atoms with Crippen LogP contribution in [0.15, 0.2) is 30.3 Å². The molecule has 0 radical (unpaired) electrons. The van der Waals surface area contributed by atoms with Crippen LogP contribution < -0.4 is 70.8 Å². The number of unbranched alkanes of at least 4 members (excludes halogenated alkanes) is 4. The first kappa shape index (κ1) is 64.4. The number of amides is 9. The van der Waals surface area contributed by atoms with Crippen LogP contribution in [-0.4, -0.2) is 145 Å². The van der Waals surface area contributed by atoms with E-state index >= 15 is 0 Å². The molecule has 1 heterocycles. The van der Waals surface area contributed by atoms with Gasteiger partial charge in [-0.05, 0) is 94.9 Å². The van der Waals surface area contributed by atoms with Crippen molar-refractivity contribution in [2.75, 3.05) is 32.7 Å². The highest BCUT2D eigenvalue weighted by atomic mass is 16.3. The van der Waals surface area contributed by atoms with Crippen LogP contribution in [0.4, 0.5) is 0 Å². The van der Waals surface area contributed by atoms with Gasteiger partial charge in [0.05, 0.1) is 12.5 Å². The summed E-state index contributed by atoms with van der Waals surface area (Å²) < 4.78 is 0. The van der Waals surface area contributed by atoms with Gasteiger partial charge in [0.15, 0.2) is 0 Å². The third-order valence-electron chi connectivity index (χ3n) is 12.4. The minimum Gasteiger partial charge on any atom is -0.393 e.